The van der Waals surface area contributed by atoms with Gasteiger partial charge in [0, 0.05) is 60.4 Å². The van der Waals surface area contributed by atoms with Crippen molar-refractivity contribution < 1.29 is 61.3 Å². The van der Waals surface area contributed by atoms with Crippen LogP contribution in [0.25, 0.3) is 0 Å². The van der Waals surface area contributed by atoms with E-state index in [-0.39, 0.29) is 36.7 Å². The highest BCUT2D eigenvalue weighted by atomic mass is 32.2. The molecule has 0 saturated heterocycles. The van der Waals surface area contributed by atoms with Gasteiger partial charge in [-0.1, -0.05) is 37.5 Å². The number of nitrogens with zero attached hydrogens (tertiary/aromatic N) is 2. The van der Waals surface area contributed by atoms with Gasteiger partial charge in [0.1, 0.15) is 16.7 Å². The number of anilines is 1. The zero-order valence-electron chi connectivity index (χ0n) is 35.2. The quantitative estimate of drug-likeness (QED) is 0.0411. The van der Waals surface area contributed by atoms with Crippen molar-refractivity contribution in [1.29, 1.82) is 0 Å². The standard InChI is InChI=1S/C41H58N4O13S4/c1-40(2)33-29-31(61(53,54)55)18-20-35(33)44(25-13-27-59(47,48)49)37(40)15-7-4-8-16-38-41(3,22-10-5-9-17-39(46)43-24-12-6-11-23-42)34-30-32(62(56,57)58)19-21-36(34)45(38)26-14-28-60(50,51)52/h4,7-8,15-16,18-21,29-30H,5-6,9-14,17,22-28,42H2,1-3H3,(H4-,43,46,47,48,49,50,51,52,53,54,55,56,57,58). The maximum absolute atomic E-state index is 12.4. The molecule has 1 atom stereocenters. The van der Waals surface area contributed by atoms with E-state index in [4.69, 9.17) is 5.73 Å². The molecule has 2 aliphatic rings. The van der Waals surface area contributed by atoms with Gasteiger partial charge in [0.05, 0.1) is 26.7 Å². The highest BCUT2D eigenvalue weighted by Gasteiger charge is 2.45. The van der Waals surface area contributed by atoms with Crippen LogP contribution >= 0.6 is 0 Å². The Kier molecular flexibility index (Phi) is 17.1. The van der Waals surface area contributed by atoms with E-state index in [2.05, 4.69) is 5.32 Å². The monoisotopic (exact) mass is 942 g/mol. The summed E-state index contributed by atoms with van der Waals surface area (Å²) in [5.41, 5.74) is 7.36. The van der Waals surface area contributed by atoms with Crippen LogP contribution in [0.2, 0.25) is 0 Å². The van der Waals surface area contributed by atoms with E-state index in [1.165, 1.54) is 36.4 Å². The van der Waals surface area contributed by atoms with Gasteiger partial charge in [-0.3, -0.25) is 18.5 Å². The molecule has 0 aromatic heterocycles. The average Bonchev–Trinajstić information content (AvgIpc) is 3.51. The Balaban J connectivity index is 1.69. The molecule has 0 fully saturated rings. The zero-order chi connectivity index (χ0) is 46.1. The smallest absolute Gasteiger partial charge is 0.294 e. The van der Waals surface area contributed by atoms with Gasteiger partial charge in [-0.05, 0) is 101 Å². The maximum atomic E-state index is 12.4. The number of benzene rings is 2. The van der Waals surface area contributed by atoms with Gasteiger partial charge < -0.3 is 20.5 Å². The normalized spacial score (nSPS) is 18.6. The van der Waals surface area contributed by atoms with Gasteiger partial charge in [0.25, 0.3) is 30.4 Å². The number of hydrogen-bond donors (Lipinski definition) is 5. The van der Waals surface area contributed by atoms with Crippen LogP contribution in [0.15, 0.2) is 82.3 Å². The number of carbonyl (C=O) groups is 1. The highest BCUT2D eigenvalue weighted by Crippen LogP contribution is 2.51. The Morgan fingerprint density at radius 2 is 1.44 bits per heavy atom. The minimum atomic E-state index is -4.85. The molecule has 4 rings (SSSR count). The number of carbonyl (C=O) groups excluding carboxylic acids is 1. The third-order valence-corrected chi connectivity index (χ3v) is 14.5. The SMILES string of the molecule is CC1(C)C(/C=C/C=C/C=C2\N(CCCS(=O)(=O)O)c3ccc(S(=O)(=O)[O-])cc3C2(C)CCCCCC(=O)NCCCCCN)=[N+](CCCS(=O)(=O)O)c2ccc(S(=O)(=O)O)cc21. The third kappa shape index (κ3) is 13.6. The highest BCUT2D eigenvalue weighted by molar-refractivity contribution is 7.86. The molecule has 2 aromatic carbocycles. The molecule has 6 N–H and O–H groups in total. The molecule has 0 spiro atoms. The van der Waals surface area contributed by atoms with Crippen LogP contribution in [0.1, 0.15) is 96.1 Å². The van der Waals surface area contributed by atoms with Crippen molar-refractivity contribution in [1.82, 2.24) is 5.32 Å². The van der Waals surface area contributed by atoms with Crippen molar-refractivity contribution in [2.24, 2.45) is 5.73 Å². The summed E-state index contributed by atoms with van der Waals surface area (Å²) in [4.78, 5) is 13.5. The van der Waals surface area contributed by atoms with Crippen LogP contribution in [0.4, 0.5) is 11.4 Å². The average molecular weight is 943 g/mol. The van der Waals surface area contributed by atoms with Gasteiger partial charge in [-0.15, -0.1) is 0 Å². The summed E-state index contributed by atoms with van der Waals surface area (Å²) in [5, 5.41) is 2.92. The molecule has 0 aliphatic carbocycles. The van der Waals surface area contributed by atoms with Crippen LogP contribution in [-0.2, 0) is 56.1 Å². The Hall–Kier alpha value is -3.80. The van der Waals surface area contributed by atoms with Crippen LogP contribution in [0.5, 0.6) is 0 Å². The first kappa shape index (κ1) is 50.8. The Morgan fingerprint density at radius 1 is 0.790 bits per heavy atom. The molecule has 62 heavy (non-hydrogen) atoms. The van der Waals surface area contributed by atoms with E-state index in [0.29, 0.717) is 79.1 Å². The number of fused-ring (bicyclic) bond motifs is 2. The number of nitrogens with two attached hydrogens (primary N) is 1. The van der Waals surface area contributed by atoms with E-state index in [0.717, 1.165) is 19.3 Å². The fraction of sp³-hybridized carbons (Fsp3) is 0.512. The predicted octanol–water partition coefficient (Wildman–Crippen LogP) is 4.74. The zero-order valence-corrected chi connectivity index (χ0v) is 38.5. The van der Waals surface area contributed by atoms with Crippen LogP contribution in [0.3, 0.4) is 0 Å². The molecule has 0 saturated carbocycles. The van der Waals surface area contributed by atoms with E-state index in [1.807, 2.05) is 30.2 Å². The van der Waals surface area contributed by atoms with Crippen LogP contribution < -0.4 is 16.0 Å². The van der Waals surface area contributed by atoms with Gasteiger partial charge in [-0.25, -0.2) is 8.42 Å². The molecule has 2 aromatic rings. The topological polar surface area (TPSA) is 282 Å². The largest absolute Gasteiger partial charge is 0.744 e. The number of nitrogens with one attached hydrogen (secondary N) is 1. The van der Waals surface area contributed by atoms with Crippen molar-refractivity contribution in [2.45, 2.75) is 106 Å². The summed E-state index contributed by atoms with van der Waals surface area (Å²) in [5.74, 6) is -1.11. The number of hydrogen-bond acceptors (Lipinski definition) is 12. The minimum absolute atomic E-state index is 0.0128. The fourth-order valence-electron chi connectivity index (χ4n) is 8.12. The predicted molar refractivity (Wildman–Crippen MR) is 236 cm³/mol. The summed E-state index contributed by atoms with van der Waals surface area (Å²) in [7, 11) is -18.0. The molecule has 1 amide bonds. The first-order chi connectivity index (χ1) is 28.8. The van der Waals surface area contributed by atoms with Crippen molar-refractivity contribution >= 4 is 63.5 Å². The molecule has 2 aliphatic heterocycles. The lowest BCUT2D eigenvalue weighted by atomic mass is 9.77. The molecule has 17 nitrogen and oxygen atoms in total. The third-order valence-electron chi connectivity index (χ3n) is 11.2. The van der Waals surface area contributed by atoms with Crippen molar-refractivity contribution in [2.75, 3.05) is 42.6 Å². The Bertz CT molecular complexity index is 2550. The first-order valence-corrected chi connectivity index (χ1v) is 26.4. The van der Waals surface area contributed by atoms with Crippen LogP contribution in [-0.4, -0.2) is 106 Å². The molecular formula is C41H58N4O13S4. The second-order valence-electron chi connectivity index (χ2n) is 16.3. The second-order valence-corrected chi connectivity index (χ2v) is 22.2. The van der Waals surface area contributed by atoms with Gasteiger partial charge >= 0.3 is 0 Å². The van der Waals surface area contributed by atoms with E-state index in [1.54, 1.807) is 30.4 Å². The minimum Gasteiger partial charge on any atom is -0.744 e. The second kappa shape index (κ2) is 20.8. The lowest BCUT2D eigenvalue weighted by Gasteiger charge is -2.30. The maximum Gasteiger partial charge on any atom is 0.294 e. The summed E-state index contributed by atoms with van der Waals surface area (Å²) in [6.07, 6.45) is 14.1. The number of unbranched alkanes of at least 4 members (excludes halogenated alkanes) is 4. The number of rotatable bonds is 24. The van der Waals surface area contributed by atoms with E-state index < -0.39 is 67.7 Å². The van der Waals surface area contributed by atoms with Gasteiger partial charge in [0.2, 0.25) is 11.6 Å². The Labute approximate surface area is 365 Å². The molecule has 344 valence electrons. The lowest BCUT2D eigenvalue weighted by Crippen LogP contribution is -2.30. The molecule has 21 heteroatoms. The molecule has 2 heterocycles. The van der Waals surface area contributed by atoms with E-state index >= 15 is 0 Å². The van der Waals surface area contributed by atoms with Crippen molar-refractivity contribution in [3.05, 3.63) is 83.6 Å². The van der Waals surface area contributed by atoms with E-state index in [9.17, 15) is 56.7 Å². The Morgan fingerprint density at radius 3 is 2.08 bits per heavy atom. The first-order valence-electron chi connectivity index (χ1n) is 20.4. The van der Waals surface area contributed by atoms with Crippen molar-refractivity contribution in [3.63, 3.8) is 0 Å². The molecule has 1 unspecified atom stereocenters. The number of amides is 1. The molecule has 0 bridgehead atoms. The summed E-state index contributed by atoms with van der Waals surface area (Å²) < 4.78 is 138. The lowest BCUT2D eigenvalue weighted by molar-refractivity contribution is -0.437. The molecule has 0 radical (unpaired) electrons. The van der Waals surface area contributed by atoms with Gasteiger partial charge in [0.15, 0.2) is 5.71 Å². The molecular weight excluding hydrogens is 885 g/mol. The van der Waals surface area contributed by atoms with Gasteiger partial charge in [-0.2, -0.15) is 29.8 Å². The summed E-state index contributed by atoms with van der Waals surface area (Å²) >= 11 is 0. The summed E-state index contributed by atoms with van der Waals surface area (Å²) in [6.45, 7) is 7.01. The fourth-order valence-corrected chi connectivity index (χ4v) is 10.1. The number of allylic oxidation sites excluding steroid dienone is 6. The summed E-state index contributed by atoms with van der Waals surface area (Å²) in [6, 6.07) is 8.18. The van der Waals surface area contributed by atoms with Crippen LogP contribution in [0, 0.1) is 0 Å². The van der Waals surface area contributed by atoms with Crippen molar-refractivity contribution in [3.8, 4) is 0 Å².